The predicted octanol–water partition coefficient (Wildman–Crippen LogP) is 6.92. The van der Waals surface area contributed by atoms with Crippen LogP contribution in [0, 0.1) is 6.92 Å². The largest absolute Gasteiger partial charge is 0.243 e. The number of fused-ring (bicyclic) bond motifs is 3. The lowest BCUT2D eigenvalue weighted by atomic mass is 10.1. The first-order valence-electron chi connectivity index (χ1n) is 12.0. The Morgan fingerprint density at radius 3 is 2.27 bits per heavy atom. The summed E-state index contributed by atoms with van der Waals surface area (Å²) >= 11 is 1.67. The average Bonchev–Trinajstić information content (AvgIpc) is 3.56. The molecule has 3 aromatic carbocycles. The highest BCUT2D eigenvalue weighted by Crippen LogP contribution is 2.33. The van der Waals surface area contributed by atoms with Gasteiger partial charge in [0.1, 0.15) is 0 Å². The number of pyridine rings is 1. The minimum absolute atomic E-state index is 0.161. The first kappa shape index (κ1) is 23.6. The van der Waals surface area contributed by atoms with Crippen LogP contribution >= 0.6 is 11.3 Å². The molecule has 3 aromatic heterocycles. The van der Waals surface area contributed by atoms with Gasteiger partial charge in [0.25, 0.3) is 0 Å². The second-order valence-electron chi connectivity index (χ2n) is 9.11. The van der Waals surface area contributed by atoms with E-state index in [0.717, 1.165) is 38.0 Å². The van der Waals surface area contributed by atoms with Crippen LogP contribution in [0.4, 0.5) is 0 Å². The molecule has 6 aromatic rings. The Morgan fingerprint density at radius 1 is 0.838 bits per heavy atom. The van der Waals surface area contributed by atoms with Gasteiger partial charge in [-0.05, 0) is 53.6 Å². The first-order chi connectivity index (χ1) is 18.0. The van der Waals surface area contributed by atoms with Crippen molar-refractivity contribution in [2.75, 3.05) is 0 Å². The Balaban J connectivity index is 1.46. The maximum absolute atomic E-state index is 13.8. The Morgan fingerprint density at radius 2 is 1.54 bits per heavy atom. The molecule has 0 unspecified atom stereocenters. The first-order valence-corrected chi connectivity index (χ1v) is 14.4. The lowest BCUT2D eigenvalue weighted by molar-refractivity contribution is 0.396. The van der Waals surface area contributed by atoms with Gasteiger partial charge in [-0.1, -0.05) is 78.4 Å². The number of benzene rings is 3. The molecule has 0 aliphatic heterocycles. The van der Waals surface area contributed by atoms with E-state index >= 15 is 0 Å². The number of rotatable bonds is 7. The highest BCUT2D eigenvalue weighted by atomic mass is 32.2. The number of thiophene rings is 1. The molecule has 0 aliphatic carbocycles. The van der Waals surface area contributed by atoms with E-state index in [2.05, 4.69) is 29.6 Å². The third-order valence-corrected chi connectivity index (χ3v) is 9.24. The van der Waals surface area contributed by atoms with Crippen LogP contribution in [0.15, 0.2) is 113 Å². The van der Waals surface area contributed by atoms with Gasteiger partial charge in [-0.3, -0.25) is 0 Å². The van der Waals surface area contributed by atoms with Gasteiger partial charge in [-0.25, -0.2) is 12.9 Å². The van der Waals surface area contributed by atoms with Gasteiger partial charge in [-0.15, -0.1) is 11.3 Å². The SMILES string of the molecule is Cc1ccc(S(=O)(=O)N(Cc2ccccc2)Cc2cc3c4sccc4cc(-c4ccccc4)n3n2)cc1. The molecule has 0 amide bonds. The number of aromatic nitrogens is 2. The number of sulfonamides is 1. The molecule has 37 heavy (non-hydrogen) atoms. The van der Waals surface area contributed by atoms with Crippen LogP contribution in [0.3, 0.4) is 0 Å². The van der Waals surface area contributed by atoms with Gasteiger partial charge < -0.3 is 0 Å². The van der Waals surface area contributed by atoms with Crippen molar-refractivity contribution in [3.8, 4) is 11.3 Å². The molecule has 0 radical (unpaired) electrons. The second-order valence-corrected chi connectivity index (χ2v) is 12.0. The monoisotopic (exact) mass is 523 g/mol. The highest BCUT2D eigenvalue weighted by molar-refractivity contribution is 7.89. The van der Waals surface area contributed by atoms with E-state index in [1.807, 2.05) is 78.2 Å². The molecule has 0 saturated heterocycles. The summed E-state index contributed by atoms with van der Waals surface area (Å²) in [6.45, 7) is 2.36. The third-order valence-electron chi connectivity index (χ3n) is 6.48. The Bertz CT molecular complexity index is 1790. The summed E-state index contributed by atoms with van der Waals surface area (Å²) in [6, 6.07) is 33.1. The molecule has 0 N–H and O–H groups in total. The summed E-state index contributed by atoms with van der Waals surface area (Å²) in [5.74, 6) is 0. The average molecular weight is 524 g/mol. The summed E-state index contributed by atoms with van der Waals surface area (Å²) in [7, 11) is -3.76. The maximum Gasteiger partial charge on any atom is 0.243 e. The molecule has 0 bridgehead atoms. The molecule has 0 spiro atoms. The number of nitrogens with zero attached hydrogens (tertiary/aromatic N) is 3. The van der Waals surface area contributed by atoms with Gasteiger partial charge in [0.2, 0.25) is 10.0 Å². The molecule has 6 rings (SSSR count). The minimum atomic E-state index is -3.76. The molecular weight excluding hydrogens is 498 g/mol. The van der Waals surface area contributed by atoms with Crippen LogP contribution in [-0.4, -0.2) is 22.3 Å². The zero-order valence-electron chi connectivity index (χ0n) is 20.3. The fraction of sp³-hybridized carbons (Fsp3) is 0.100. The van der Waals surface area contributed by atoms with Crippen molar-refractivity contribution >= 4 is 37.0 Å². The maximum atomic E-state index is 13.8. The van der Waals surface area contributed by atoms with Crippen LogP contribution in [0.5, 0.6) is 0 Å². The van der Waals surface area contributed by atoms with Gasteiger partial charge in [-0.2, -0.15) is 9.40 Å². The Kier molecular flexibility index (Phi) is 6.12. The van der Waals surface area contributed by atoms with E-state index in [1.165, 1.54) is 4.31 Å². The summed E-state index contributed by atoms with van der Waals surface area (Å²) < 4.78 is 32.2. The van der Waals surface area contributed by atoms with E-state index in [1.54, 1.807) is 23.5 Å². The van der Waals surface area contributed by atoms with Crippen molar-refractivity contribution in [1.82, 2.24) is 13.9 Å². The van der Waals surface area contributed by atoms with Gasteiger partial charge >= 0.3 is 0 Å². The van der Waals surface area contributed by atoms with Gasteiger partial charge in [0.05, 0.1) is 33.0 Å². The summed E-state index contributed by atoms with van der Waals surface area (Å²) in [4.78, 5) is 0.281. The fourth-order valence-electron chi connectivity index (χ4n) is 4.57. The second kappa shape index (κ2) is 9.59. The number of hydrogen-bond acceptors (Lipinski definition) is 4. The molecule has 0 saturated carbocycles. The van der Waals surface area contributed by atoms with Crippen LogP contribution in [0.1, 0.15) is 16.8 Å². The van der Waals surface area contributed by atoms with Crippen molar-refractivity contribution in [1.29, 1.82) is 0 Å². The highest BCUT2D eigenvalue weighted by Gasteiger charge is 2.26. The molecule has 0 atom stereocenters. The Hall–Kier alpha value is -3.78. The van der Waals surface area contributed by atoms with Crippen molar-refractivity contribution in [3.63, 3.8) is 0 Å². The zero-order chi connectivity index (χ0) is 25.4. The quantitative estimate of drug-likeness (QED) is 0.228. The summed E-state index contributed by atoms with van der Waals surface area (Å²) in [5.41, 5.74) is 5.65. The number of hydrogen-bond donors (Lipinski definition) is 0. The lowest BCUT2D eigenvalue weighted by Gasteiger charge is -2.21. The van der Waals surface area contributed by atoms with Crippen molar-refractivity contribution in [3.05, 3.63) is 125 Å². The Labute approximate surface area is 220 Å². The molecule has 3 heterocycles. The summed E-state index contributed by atoms with van der Waals surface area (Å²) in [5, 5.41) is 8.17. The standard InChI is InChI=1S/C30H25N3O2S2/c1-22-12-14-27(15-13-22)37(34,35)32(20-23-8-4-2-5-9-23)21-26-19-29-30-25(16-17-36-30)18-28(33(29)31-26)24-10-6-3-7-11-24/h2-19H,20-21H2,1H3. The molecule has 7 heteroatoms. The molecule has 184 valence electrons. The van der Waals surface area contributed by atoms with Crippen molar-refractivity contribution in [2.24, 2.45) is 0 Å². The van der Waals surface area contributed by atoms with Crippen LogP contribution in [-0.2, 0) is 23.1 Å². The van der Waals surface area contributed by atoms with Gasteiger partial charge in [0, 0.05) is 12.1 Å². The van der Waals surface area contributed by atoms with Crippen LogP contribution < -0.4 is 0 Å². The molecule has 0 fully saturated rings. The minimum Gasteiger partial charge on any atom is -0.231 e. The fourth-order valence-corrected chi connectivity index (χ4v) is 6.85. The summed E-state index contributed by atoms with van der Waals surface area (Å²) in [6.07, 6.45) is 0. The zero-order valence-corrected chi connectivity index (χ0v) is 21.9. The van der Waals surface area contributed by atoms with Crippen molar-refractivity contribution in [2.45, 2.75) is 24.9 Å². The van der Waals surface area contributed by atoms with E-state index in [-0.39, 0.29) is 18.0 Å². The molecule has 0 aliphatic rings. The van der Waals surface area contributed by atoms with E-state index in [4.69, 9.17) is 5.10 Å². The predicted molar refractivity (Wildman–Crippen MR) is 150 cm³/mol. The topological polar surface area (TPSA) is 54.7 Å². The van der Waals surface area contributed by atoms with Crippen LogP contribution in [0.2, 0.25) is 0 Å². The van der Waals surface area contributed by atoms with E-state index < -0.39 is 10.0 Å². The molecule has 5 nitrogen and oxygen atoms in total. The smallest absolute Gasteiger partial charge is 0.231 e. The van der Waals surface area contributed by atoms with E-state index in [0.29, 0.717) is 5.69 Å². The normalized spacial score (nSPS) is 12.1. The molecular formula is C30H25N3O2S2. The lowest BCUT2D eigenvalue weighted by Crippen LogP contribution is -2.30. The number of aryl methyl sites for hydroxylation is 1. The van der Waals surface area contributed by atoms with Crippen molar-refractivity contribution < 1.29 is 8.42 Å². The third kappa shape index (κ3) is 4.57. The van der Waals surface area contributed by atoms with Crippen LogP contribution in [0.25, 0.3) is 26.9 Å². The van der Waals surface area contributed by atoms with E-state index in [9.17, 15) is 8.42 Å². The van der Waals surface area contributed by atoms with Gasteiger partial charge in [0.15, 0.2) is 0 Å².